The SMILES string of the molecule is Cc1nccn1CC(C)N1CCCN(C(=O)CCC2CCCC2)CC1.O=CO.O=CO. The molecule has 1 aliphatic carbocycles. The van der Waals surface area contributed by atoms with Gasteiger partial charge in [0.1, 0.15) is 5.82 Å². The summed E-state index contributed by atoms with van der Waals surface area (Å²) in [7, 11) is 0. The van der Waals surface area contributed by atoms with E-state index in [0.717, 1.165) is 63.7 Å². The van der Waals surface area contributed by atoms with Crippen molar-refractivity contribution in [3.8, 4) is 0 Å². The van der Waals surface area contributed by atoms with Crippen LogP contribution in [-0.2, 0) is 20.9 Å². The summed E-state index contributed by atoms with van der Waals surface area (Å²) in [5.74, 6) is 2.27. The highest BCUT2D eigenvalue weighted by molar-refractivity contribution is 5.76. The van der Waals surface area contributed by atoms with E-state index in [1.54, 1.807) is 0 Å². The van der Waals surface area contributed by atoms with Gasteiger partial charge in [-0.2, -0.15) is 0 Å². The highest BCUT2D eigenvalue weighted by atomic mass is 16.3. The number of aryl methyl sites for hydroxylation is 1. The second kappa shape index (κ2) is 15.4. The molecule has 2 fully saturated rings. The molecule has 1 aliphatic heterocycles. The average Bonchev–Trinajstić information content (AvgIpc) is 3.33. The lowest BCUT2D eigenvalue weighted by Crippen LogP contribution is -2.40. The Morgan fingerprint density at radius 3 is 2.35 bits per heavy atom. The van der Waals surface area contributed by atoms with Gasteiger partial charge in [-0.15, -0.1) is 0 Å². The van der Waals surface area contributed by atoms with Gasteiger partial charge >= 0.3 is 0 Å². The molecule has 0 aromatic carbocycles. The molecule has 0 spiro atoms. The van der Waals surface area contributed by atoms with Gasteiger partial charge in [-0.05, 0) is 32.6 Å². The predicted octanol–water partition coefficient (Wildman–Crippen LogP) is 2.49. The van der Waals surface area contributed by atoms with Gasteiger partial charge in [0.25, 0.3) is 12.9 Å². The van der Waals surface area contributed by atoms with E-state index in [1.807, 2.05) is 6.20 Å². The van der Waals surface area contributed by atoms with Crippen molar-refractivity contribution in [1.82, 2.24) is 19.4 Å². The standard InChI is InChI=1S/C20H34N4O.2CH2O2/c1-17(16-24-13-10-21-18(24)2)22-11-5-12-23(15-14-22)20(25)9-8-19-6-3-4-7-19;2*2-1-3/h10,13,17,19H,3-9,11-12,14-16H2,1-2H3;2*1H,(H,2,3). The Hall–Kier alpha value is -2.42. The smallest absolute Gasteiger partial charge is 0.290 e. The molecular formula is C22H38N4O5. The molecule has 1 saturated heterocycles. The van der Waals surface area contributed by atoms with Gasteiger partial charge in [0.2, 0.25) is 5.91 Å². The van der Waals surface area contributed by atoms with Crippen LogP contribution in [-0.4, -0.2) is 80.6 Å². The van der Waals surface area contributed by atoms with Crippen molar-refractivity contribution >= 4 is 18.9 Å². The van der Waals surface area contributed by atoms with E-state index in [0.29, 0.717) is 11.9 Å². The highest BCUT2D eigenvalue weighted by Gasteiger charge is 2.23. The molecule has 2 aliphatic rings. The van der Waals surface area contributed by atoms with E-state index in [4.69, 9.17) is 19.8 Å². The van der Waals surface area contributed by atoms with Crippen LogP contribution in [0, 0.1) is 12.8 Å². The molecule has 1 unspecified atom stereocenters. The van der Waals surface area contributed by atoms with Crippen molar-refractivity contribution in [3.05, 3.63) is 18.2 Å². The molecule has 1 amide bonds. The van der Waals surface area contributed by atoms with Crippen LogP contribution in [0.15, 0.2) is 12.4 Å². The van der Waals surface area contributed by atoms with E-state index in [-0.39, 0.29) is 12.9 Å². The third kappa shape index (κ3) is 9.95. The van der Waals surface area contributed by atoms with Crippen molar-refractivity contribution in [3.63, 3.8) is 0 Å². The molecule has 31 heavy (non-hydrogen) atoms. The Balaban J connectivity index is 0.000000720. The first kappa shape index (κ1) is 26.6. The van der Waals surface area contributed by atoms with Crippen molar-refractivity contribution in [2.24, 2.45) is 5.92 Å². The summed E-state index contributed by atoms with van der Waals surface area (Å²) in [6.07, 6.45) is 12.3. The average molecular weight is 439 g/mol. The minimum absolute atomic E-state index is 0.250. The van der Waals surface area contributed by atoms with E-state index >= 15 is 0 Å². The maximum atomic E-state index is 12.6. The first-order valence-corrected chi connectivity index (χ1v) is 11.1. The molecule has 1 saturated carbocycles. The molecule has 2 N–H and O–H groups in total. The van der Waals surface area contributed by atoms with E-state index < -0.39 is 0 Å². The number of aromatic nitrogens is 2. The summed E-state index contributed by atoms with van der Waals surface area (Å²) in [5, 5.41) is 13.8. The summed E-state index contributed by atoms with van der Waals surface area (Å²) >= 11 is 0. The second-order valence-corrected chi connectivity index (χ2v) is 8.15. The third-order valence-electron chi connectivity index (χ3n) is 6.13. The quantitative estimate of drug-likeness (QED) is 0.656. The fourth-order valence-electron chi connectivity index (χ4n) is 4.41. The summed E-state index contributed by atoms with van der Waals surface area (Å²) in [6.45, 7) is 8.71. The Morgan fingerprint density at radius 1 is 1.13 bits per heavy atom. The van der Waals surface area contributed by atoms with Crippen LogP contribution in [0.2, 0.25) is 0 Å². The summed E-state index contributed by atoms with van der Waals surface area (Å²) in [6, 6.07) is 0.474. The van der Waals surface area contributed by atoms with Crippen molar-refractivity contribution < 1.29 is 24.6 Å². The number of carbonyl (C=O) groups is 3. The molecule has 9 heteroatoms. The predicted molar refractivity (Wildman–Crippen MR) is 118 cm³/mol. The fraction of sp³-hybridized carbons (Fsp3) is 0.727. The fourth-order valence-corrected chi connectivity index (χ4v) is 4.41. The molecule has 0 bridgehead atoms. The van der Waals surface area contributed by atoms with Crippen LogP contribution in [0.3, 0.4) is 0 Å². The number of carbonyl (C=O) groups excluding carboxylic acids is 1. The zero-order valence-corrected chi connectivity index (χ0v) is 18.9. The van der Waals surface area contributed by atoms with E-state index in [9.17, 15) is 4.79 Å². The number of hydrogen-bond acceptors (Lipinski definition) is 5. The van der Waals surface area contributed by atoms with Gasteiger partial charge in [0.05, 0.1) is 0 Å². The van der Waals surface area contributed by atoms with E-state index in [2.05, 4.69) is 39.4 Å². The van der Waals surface area contributed by atoms with Crippen molar-refractivity contribution in [2.75, 3.05) is 26.2 Å². The Bertz CT molecular complexity index is 640. The summed E-state index contributed by atoms with van der Waals surface area (Å²) in [5.41, 5.74) is 0. The molecule has 1 aromatic rings. The van der Waals surface area contributed by atoms with Gasteiger partial charge in [0, 0.05) is 57.6 Å². The van der Waals surface area contributed by atoms with Crippen LogP contribution in [0.5, 0.6) is 0 Å². The lowest BCUT2D eigenvalue weighted by Gasteiger charge is -2.28. The van der Waals surface area contributed by atoms with Gasteiger partial charge < -0.3 is 19.7 Å². The Kier molecular flexibility index (Phi) is 13.2. The molecule has 1 atom stereocenters. The van der Waals surface area contributed by atoms with Crippen molar-refractivity contribution in [2.45, 2.75) is 71.4 Å². The minimum atomic E-state index is -0.250. The molecule has 2 heterocycles. The van der Waals surface area contributed by atoms with E-state index in [1.165, 1.54) is 25.7 Å². The largest absolute Gasteiger partial charge is 0.483 e. The maximum Gasteiger partial charge on any atom is 0.290 e. The summed E-state index contributed by atoms with van der Waals surface area (Å²) in [4.78, 5) is 38.3. The lowest BCUT2D eigenvalue weighted by molar-refractivity contribution is -0.131. The van der Waals surface area contributed by atoms with Gasteiger partial charge in [-0.3, -0.25) is 19.3 Å². The Labute approximate surface area is 185 Å². The first-order valence-electron chi connectivity index (χ1n) is 11.1. The van der Waals surface area contributed by atoms with Gasteiger partial charge in [0.15, 0.2) is 0 Å². The minimum Gasteiger partial charge on any atom is -0.483 e. The topological polar surface area (TPSA) is 116 Å². The zero-order chi connectivity index (χ0) is 23.1. The van der Waals surface area contributed by atoms with Crippen LogP contribution >= 0.6 is 0 Å². The molecular weight excluding hydrogens is 400 g/mol. The Morgan fingerprint density at radius 2 is 1.77 bits per heavy atom. The van der Waals surface area contributed by atoms with Gasteiger partial charge in [-0.1, -0.05) is 25.7 Å². The molecule has 9 nitrogen and oxygen atoms in total. The highest BCUT2D eigenvalue weighted by Crippen LogP contribution is 2.28. The molecule has 176 valence electrons. The first-order chi connectivity index (χ1) is 15.0. The zero-order valence-electron chi connectivity index (χ0n) is 18.9. The molecule has 1 aromatic heterocycles. The maximum absolute atomic E-state index is 12.6. The number of imidazole rings is 1. The number of carboxylic acid groups (broad SMARTS) is 2. The normalized spacial score (nSPS) is 18.1. The monoisotopic (exact) mass is 438 g/mol. The number of hydrogen-bond donors (Lipinski definition) is 2. The summed E-state index contributed by atoms with van der Waals surface area (Å²) < 4.78 is 2.22. The molecule has 3 rings (SSSR count). The van der Waals surface area contributed by atoms with Crippen LogP contribution in [0.25, 0.3) is 0 Å². The lowest BCUT2D eigenvalue weighted by atomic mass is 10.0. The molecule has 0 radical (unpaired) electrons. The third-order valence-corrected chi connectivity index (χ3v) is 6.13. The van der Waals surface area contributed by atoms with Gasteiger partial charge in [-0.25, -0.2) is 4.98 Å². The number of amides is 1. The van der Waals surface area contributed by atoms with Crippen molar-refractivity contribution in [1.29, 1.82) is 0 Å². The number of rotatable bonds is 6. The van der Waals surface area contributed by atoms with Crippen LogP contribution in [0.1, 0.15) is 57.7 Å². The second-order valence-electron chi connectivity index (χ2n) is 8.15. The number of nitrogens with zero attached hydrogens (tertiary/aromatic N) is 4. The van der Waals surface area contributed by atoms with Crippen LogP contribution < -0.4 is 0 Å². The van der Waals surface area contributed by atoms with Crippen LogP contribution in [0.4, 0.5) is 0 Å².